The Bertz CT molecular complexity index is 580. The van der Waals surface area contributed by atoms with Gasteiger partial charge in [0, 0.05) is 12.1 Å². The summed E-state index contributed by atoms with van der Waals surface area (Å²) in [5, 5.41) is 4.90. The van der Waals surface area contributed by atoms with Gasteiger partial charge in [-0.1, -0.05) is 36.8 Å². The van der Waals surface area contributed by atoms with E-state index < -0.39 is 0 Å². The first kappa shape index (κ1) is 17.7. The molecule has 0 spiro atoms. The van der Waals surface area contributed by atoms with Crippen LogP contribution in [0.25, 0.3) is 11.1 Å². The molecule has 1 aromatic heterocycles. The van der Waals surface area contributed by atoms with Gasteiger partial charge in [-0.25, -0.2) is 0 Å². The highest BCUT2D eigenvalue weighted by molar-refractivity contribution is 7.12. The molecule has 0 saturated heterocycles. The molecule has 3 nitrogen and oxygen atoms in total. The third-order valence-electron chi connectivity index (χ3n) is 3.25. The summed E-state index contributed by atoms with van der Waals surface area (Å²) in [6.07, 6.45) is 0. The van der Waals surface area contributed by atoms with Gasteiger partial charge in [-0.2, -0.15) is 0 Å². The quantitative estimate of drug-likeness (QED) is 0.884. The van der Waals surface area contributed by atoms with E-state index in [0.717, 1.165) is 16.0 Å². The number of carbonyl (C=O) groups excluding carboxylic acids is 1. The predicted molar refractivity (Wildman–Crippen MR) is 92.3 cm³/mol. The smallest absolute Gasteiger partial charge is 0.261 e. The second-order valence-corrected chi connectivity index (χ2v) is 6.00. The van der Waals surface area contributed by atoms with Gasteiger partial charge in [0.15, 0.2) is 0 Å². The van der Waals surface area contributed by atoms with Gasteiger partial charge in [-0.15, -0.1) is 23.7 Å². The molecular formula is C16H21ClN2OS. The molecule has 0 aliphatic carbocycles. The van der Waals surface area contributed by atoms with E-state index in [0.29, 0.717) is 19.0 Å². The van der Waals surface area contributed by atoms with Crippen LogP contribution in [0, 0.1) is 12.8 Å². The Hall–Kier alpha value is -1.36. The van der Waals surface area contributed by atoms with Crippen LogP contribution in [0.2, 0.25) is 0 Å². The Balaban J connectivity index is 0.00000220. The maximum absolute atomic E-state index is 12.2. The Labute approximate surface area is 136 Å². The molecule has 21 heavy (non-hydrogen) atoms. The zero-order valence-electron chi connectivity index (χ0n) is 12.3. The zero-order valence-corrected chi connectivity index (χ0v) is 13.9. The first-order valence-corrected chi connectivity index (χ1v) is 7.62. The molecule has 5 heteroatoms. The summed E-state index contributed by atoms with van der Waals surface area (Å²) in [5.74, 6) is 0.276. The number of carbonyl (C=O) groups is 1. The maximum Gasteiger partial charge on any atom is 0.261 e. The first-order valence-electron chi connectivity index (χ1n) is 6.74. The van der Waals surface area contributed by atoms with Crippen LogP contribution in [0.4, 0.5) is 0 Å². The van der Waals surface area contributed by atoms with Crippen molar-refractivity contribution < 1.29 is 4.79 Å². The van der Waals surface area contributed by atoms with Gasteiger partial charge in [0.2, 0.25) is 0 Å². The van der Waals surface area contributed by atoms with Gasteiger partial charge in [0.25, 0.3) is 5.91 Å². The number of hydrogen-bond acceptors (Lipinski definition) is 3. The molecule has 0 saturated carbocycles. The average Bonchev–Trinajstić information content (AvgIpc) is 2.94. The average molecular weight is 325 g/mol. The van der Waals surface area contributed by atoms with Gasteiger partial charge in [-0.3, -0.25) is 4.79 Å². The highest BCUT2D eigenvalue weighted by atomic mass is 35.5. The fraction of sp³-hybridized carbons (Fsp3) is 0.312. The molecular weight excluding hydrogens is 304 g/mol. The Morgan fingerprint density at radius 3 is 2.57 bits per heavy atom. The maximum atomic E-state index is 12.2. The minimum atomic E-state index is -0.0177. The van der Waals surface area contributed by atoms with Crippen LogP contribution >= 0.6 is 23.7 Å². The molecule has 3 N–H and O–H groups in total. The third-order valence-corrected chi connectivity index (χ3v) is 4.16. The van der Waals surface area contributed by atoms with Crippen molar-refractivity contribution in [3.8, 4) is 11.1 Å². The van der Waals surface area contributed by atoms with Crippen molar-refractivity contribution in [3.63, 3.8) is 0 Å². The number of aryl methyl sites for hydroxylation is 1. The molecule has 2 rings (SSSR count). The molecule has 114 valence electrons. The van der Waals surface area contributed by atoms with Gasteiger partial charge >= 0.3 is 0 Å². The van der Waals surface area contributed by atoms with Crippen molar-refractivity contribution in [2.45, 2.75) is 13.8 Å². The molecule has 0 bridgehead atoms. The largest absolute Gasteiger partial charge is 0.351 e. The lowest BCUT2D eigenvalue weighted by atomic mass is 10.0. The summed E-state index contributed by atoms with van der Waals surface area (Å²) in [6.45, 7) is 5.27. The van der Waals surface area contributed by atoms with Gasteiger partial charge in [0.05, 0.1) is 4.88 Å². The minimum Gasteiger partial charge on any atom is -0.351 e. The zero-order chi connectivity index (χ0) is 14.5. The molecule has 0 fully saturated rings. The molecule has 0 aliphatic heterocycles. The molecule has 0 aliphatic rings. The number of nitrogens with one attached hydrogen (secondary N) is 1. The predicted octanol–water partition coefficient (Wildman–Crippen LogP) is 3.47. The molecule has 1 amide bonds. The summed E-state index contributed by atoms with van der Waals surface area (Å²) in [7, 11) is 0. The number of benzene rings is 1. The SMILES string of the molecule is Cc1ccc(-c2ccsc2C(=O)NCC(C)CN)cc1.Cl. The summed E-state index contributed by atoms with van der Waals surface area (Å²) < 4.78 is 0. The lowest BCUT2D eigenvalue weighted by Crippen LogP contribution is -2.31. The standard InChI is InChI=1S/C16H20N2OS.ClH/c1-11-3-5-13(6-4-11)14-7-8-20-15(14)16(19)18-10-12(2)9-17;/h3-8,12H,9-10,17H2,1-2H3,(H,18,19);1H. The van der Waals surface area contributed by atoms with Crippen LogP contribution in [0.1, 0.15) is 22.2 Å². The molecule has 0 radical (unpaired) electrons. The highest BCUT2D eigenvalue weighted by Crippen LogP contribution is 2.28. The number of halogens is 1. The van der Waals surface area contributed by atoms with Gasteiger partial charge in [-0.05, 0) is 36.4 Å². The lowest BCUT2D eigenvalue weighted by Gasteiger charge is -2.10. The van der Waals surface area contributed by atoms with E-state index in [1.165, 1.54) is 16.9 Å². The summed E-state index contributed by atoms with van der Waals surface area (Å²) in [6, 6.07) is 10.2. The van der Waals surface area contributed by atoms with E-state index in [2.05, 4.69) is 36.5 Å². The Morgan fingerprint density at radius 1 is 1.29 bits per heavy atom. The fourth-order valence-electron chi connectivity index (χ4n) is 1.88. The van der Waals surface area contributed by atoms with E-state index in [1.54, 1.807) is 0 Å². The first-order chi connectivity index (χ1) is 9.61. The normalized spacial score (nSPS) is 11.6. The third kappa shape index (κ3) is 4.56. The van der Waals surface area contributed by atoms with Crippen molar-refractivity contribution in [2.24, 2.45) is 11.7 Å². The van der Waals surface area contributed by atoms with E-state index in [-0.39, 0.29) is 18.3 Å². The monoisotopic (exact) mass is 324 g/mol. The van der Waals surface area contributed by atoms with Crippen LogP contribution in [0.5, 0.6) is 0 Å². The molecule has 1 heterocycles. The summed E-state index contributed by atoms with van der Waals surface area (Å²) >= 11 is 1.47. The van der Waals surface area contributed by atoms with Crippen molar-refractivity contribution in [3.05, 3.63) is 46.2 Å². The van der Waals surface area contributed by atoms with Crippen molar-refractivity contribution in [1.29, 1.82) is 0 Å². The summed E-state index contributed by atoms with van der Waals surface area (Å²) in [4.78, 5) is 13.0. The highest BCUT2D eigenvalue weighted by Gasteiger charge is 2.14. The van der Waals surface area contributed by atoms with Crippen LogP contribution < -0.4 is 11.1 Å². The second-order valence-electron chi connectivity index (χ2n) is 5.08. The lowest BCUT2D eigenvalue weighted by molar-refractivity contribution is 0.0953. The fourth-order valence-corrected chi connectivity index (χ4v) is 2.71. The van der Waals surface area contributed by atoms with Gasteiger partial charge in [0.1, 0.15) is 0 Å². The number of thiophene rings is 1. The van der Waals surface area contributed by atoms with Crippen LogP contribution in [0.15, 0.2) is 35.7 Å². The Kier molecular flexibility index (Phi) is 6.89. The topological polar surface area (TPSA) is 55.1 Å². The molecule has 1 aromatic carbocycles. The molecule has 1 atom stereocenters. The Morgan fingerprint density at radius 2 is 1.95 bits per heavy atom. The van der Waals surface area contributed by atoms with Crippen molar-refractivity contribution in [2.75, 3.05) is 13.1 Å². The van der Waals surface area contributed by atoms with Crippen LogP contribution in [-0.2, 0) is 0 Å². The van der Waals surface area contributed by atoms with Crippen molar-refractivity contribution >= 4 is 29.7 Å². The van der Waals surface area contributed by atoms with E-state index in [1.807, 2.05) is 18.4 Å². The van der Waals surface area contributed by atoms with Crippen LogP contribution in [0.3, 0.4) is 0 Å². The van der Waals surface area contributed by atoms with Crippen molar-refractivity contribution in [1.82, 2.24) is 5.32 Å². The summed E-state index contributed by atoms with van der Waals surface area (Å²) in [5.41, 5.74) is 8.85. The second kappa shape index (κ2) is 8.17. The molecule has 1 unspecified atom stereocenters. The molecule has 2 aromatic rings. The van der Waals surface area contributed by atoms with E-state index >= 15 is 0 Å². The number of rotatable bonds is 5. The van der Waals surface area contributed by atoms with Crippen LogP contribution in [-0.4, -0.2) is 19.0 Å². The van der Waals surface area contributed by atoms with Gasteiger partial charge < -0.3 is 11.1 Å². The number of hydrogen-bond donors (Lipinski definition) is 2. The van der Waals surface area contributed by atoms with E-state index in [4.69, 9.17) is 5.73 Å². The van der Waals surface area contributed by atoms with E-state index in [9.17, 15) is 4.79 Å². The number of nitrogens with two attached hydrogens (primary N) is 1. The minimum absolute atomic E-state index is 0. The number of amides is 1.